The molecule has 0 atom stereocenters. The molecule has 2 aromatic rings. The third-order valence-electron chi connectivity index (χ3n) is 3.36. The van der Waals surface area contributed by atoms with E-state index in [1.807, 2.05) is 36.5 Å². The van der Waals surface area contributed by atoms with Crippen LogP contribution in [0.3, 0.4) is 0 Å². The molecule has 1 heterocycles. The van der Waals surface area contributed by atoms with Crippen molar-refractivity contribution in [2.45, 2.75) is 6.54 Å². The van der Waals surface area contributed by atoms with Crippen molar-refractivity contribution in [3.05, 3.63) is 52.2 Å². The fourth-order valence-electron chi connectivity index (χ4n) is 2.22. The minimum Gasteiger partial charge on any atom is -0.383 e. The molecular formula is C17H22N2O4S2. The number of thiophene rings is 1. The quantitative estimate of drug-likeness (QED) is 0.656. The van der Waals surface area contributed by atoms with Gasteiger partial charge in [-0.3, -0.25) is 4.79 Å². The van der Waals surface area contributed by atoms with Gasteiger partial charge in [-0.25, -0.2) is 0 Å². The van der Waals surface area contributed by atoms with Crippen LogP contribution in [0.15, 0.2) is 41.8 Å². The maximum Gasteiger partial charge on any atom is 0.306 e. The van der Waals surface area contributed by atoms with Crippen LogP contribution in [0.4, 0.5) is 0 Å². The van der Waals surface area contributed by atoms with Gasteiger partial charge in [0.15, 0.2) is 0 Å². The Hall–Kier alpha value is -1.90. The molecule has 136 valence electrons. The summed E-state index contributed by atoms with van der Waals surface area (Å²) < 4.78 is 27.5. The standard InChI is InChI=1S/C17H22N2O4S2/c1-18(2)9-10-19(17(20)16-8-5-11-24-16)13-14-6-4-7-15(12-14)23-25(3,21)22/h4-8,11-12H,9-10,13H2,1-3H3. The number of carbonyl (C=O) groups excluding carboxylic acids is 1. The summed E-state index contributed by atoms with van der Waals surface area (Å²) in [6.07, 6.45) is 1.00. The Morgan fingerprint density at radius 3 is 2.52 bits per heavy atom. The molecule has 0 unspecified atom stereocenters. The van der Waals surface area contributed by atoms with Crippen molar-refractivity contribution in [3.8, 4) is 5.75 Å². The van der Waals surface area contributed by atoms with E-state index in [-0.39, 0.29) is 11.7 Å². The van der Waals surface area contributed by atoms with Gasteiger partial charge in [-0.2, -0.15) is 8.42 Å². The van der Waals surface area contributed by atoms with Crippen molar-refractivity contribution in [1.29, 1.82) is 0 Å². The lowest BCUT2D eigenvalue weighted by Gasteiger charge is -2.24. The van der Waals surface area contributed by atoms with Gasteiger partial charge in [0.05, 0.1) is 11.1 Å². The van der Waals surface area contributed by atoms with E-state index in [9.17, 15) is 13.2 Å². The molecule has 0 radical (unpaired) electrons. The monoisotopic (exact) mass is 382 g/mol. The summed E-state index contributed by atoms with van der Waals surface area (Å²) in [6, 6.07) is 10.4. The van der Waals surface area contributed by atoms with Gasteiger partial charge in [-0.1, -0.05) is 18.2 Å². The van der Waals surface area contributed by atoms with E-state index in [4.69, 9.17) is 4.18 Å². The zero-order valence-electron chi connectivity index (χ0n) is 14.5. The average molecular weight is 383 g/mol. The Labute approximate surface area is 152 Å². The van der Waals surface area contributed by atoms with Crippen LogP contribution in [0.1, 0.15) is 15.2 Å². The Morgan fingerprint density at radius 1 is 1.16 bits per heavy atom. The highest BCUT2D eigenvalue weighted by Crippen LogP contribution is 2.19. The number of benzene rings is 1. The van der Waals surface area contributed by atoms with Gasteiger partial charge in [0.25, 0.3) is 5.91 Å². The van der Waals surface area contributed by atoms with E-state index in [2.05, 4.69) is 0 Å². The Morgan fingerprint density at radius 2 is 1.92 bits per heavy atom. The van der Waals surface area contributed by atoms with E-state index < -0.39 is 10.1 Å². The number of rotatable bonds is 8. The van der Waals surface area contributed by atoms with Crippen LogP contribution < -0.4 is 4.18 Å². The molecule has 8 heteroatoms. The van der Waals surface area contributed by atoms with Gasteiger partial charge in [0.2, 0.25) is 0 Å². The second kappa shape index (κ2) is 8.46. The molecule has 0 N–H and O–H groups in total. The van der Waals surface area contributed by atoms with Gasteiger partial charge >= 0.3 is 10.1 Å². The summed E-state index contributed by atoms with van der Waals surface area (Å²) in [6.45, 7) is 1.68. The van der Waals surface area contributed by atoms with Crippen LogP contribution in [0.2, 0.25) is 0 Å². The molecule has 1 aromatic heterocycles. The molecule has 0 saturated carbocycles. The van der Waals surface area contributed by atoms with Crippen LogP contribution in [0, 0.1) is 0 Å². The van der Waals surface area contributed by atoms with E-state index in [0.717, 1.165) is 18.4 Å². The highest BCUT2D eigenvalue weighted by atomic mass is 32.2. The van der Waals surface area contributed by atoms with Crippen LogP contribution in [0.5, 0.6) is 5.75 Å². The molecule has 25 heavy (non-hydrogen) atoms. The lowest BCUT2D eigenvalue weighted by molar-refractivity contribution is 0.0736. The summed E-state index contributed by atoms with van der Waals surface area (Å²) in [5, 5.41) is 1.87. The number of amides is 1. The first kappa shape index (κ1) is 19.4. The average Bonchev–Trinajstić information content (AvgIpc) is 3.03. The van der Waals surface area contributed by atoms with Crippen molar-refractivity contribution < 1.29 is 17.4 Å². The molecule has 2 rings (SSSR count). The fourth-order valence-corrected chi connectivity index (χ4v) is 3.36. The van der Waals surface area contributed by atoms with Crippen molar-refractivity contribution in [2.75, 3.05) is 33.4 Å². The van der Waals surface area contributed by atoms with Gasteiger partial charge in [0.1, 0.15) is 5.75 Å². The number of likely N-dealkylation sites (N-methyl/N-ethyl adjacent to an activating group) is 1. The number of nitrogens with zero attached hydrogens (tertiary/aromatic N) is 2. The zero-order chi connectivity index (χ0) is 18.4. The first-order valence-electron chi connectivity index (χ1n) is 7.70. The predicted octanol–water partition coefficient (Wildman–Crippen LogP) is 2.29. The van der Waals surface area contributed by atoms with Crippen molar-refractivity contribution >= 4 is 27.4 Å². The second-order valence-corrected chi connectivity index (χ2v) is 8.46. The van der Waals surface area contributed by atoms with E-state index >= 15 is 0 Å². The molecule has 0 saturated heterocycles. The molecule has 1 aromatic carbocycles. The lowest BCUT2D eigenvalue weighted by Crippen LogP contribution is -2.35. The zero-order valence-corrected chi connectivity index (χ0v) is 16.1. The topological polar surface area (TPSA) is 66.9 Å². The molecule has 0 aliphatic rings. The maximum atomic E-state index is 12.7. The largest absolute Gasteiger partial charge is 0.383 e. The minimum atomic E-state index is -3.58. The number of carbonyl (C=O) groups is 1. The molecule has 0 aliphatic heterocycles. The Bertz CT molecular complexity index is 802. The molecule has 0 bridgehead atoms. The normalized spacial score (nSPS) is 11.5. The third-order valence-corrected chi connectivity index (χ3v) is 4.71. The number of hydrogen-bond acceptors (Lipinski definition) is 6. The Kier molecular flexibility index (Phi) is 6.57. The summed E-state index contributed by atoms with van der Waals surface area (Å²) in [7, 11) is 0.324. The summed E-state index contributed by atoms with van der Waals surface area (Å²) in [5.41, 5.74) is 0.810. The molecule has 0 fully saturated rings. The lowest BCUT2D eigenvalue weighted by atomic mass is 10.2. The van der Waals surface area contributed by atoms with E-state index in [0.29, 0.717) is 18.0 Å². The molecular weight excluding hydrogens is 360 g/mol. The van der Waals surface area contributed by atoms with Crippen LogP contribution in [-0.4, -0.2) is 57.6 Å². The van der Waals surface area contributed by atoms with Crippen LogP contribution in [-0.2, 0) is 16.7 Å². The van der Waals surface area contributed by atoms with Crippen LogP contribution >= 0.6 is 11.3 Å². The van der Waals surface area contributed by atoms with Gasteiger partial charge in [-0.15, -0.1) is 11.3 Å². The first-order valence-corrected chi connectivity index (χ1v) is 10.4. The van der Waals surface area contributed by atoms with E-state index in [1.165, 1.54) is 11.3 Å². The fraction of sp³-hybridized carbons (Fsp3) is 0.353. The van der Waals surface area contributed by atoms with E-state index in [1.54, 1.807) is 29.2 Å². The smallest absolute Gasteiger partial charge is 0.306 e. The highest BCUT2D eigenvalue weighted by molar-refractivity contribution is 7.86. The highest BCUT2D eigenvalue weighted by Gasteiger charge is 2.17. The predicted molar refractivity (Wildman–Crippen MR) is 99.5 cm³/mol. The van der Waals surface area contributed by atoms with Crippen molar-refractivity contribution in [1.82, 2.24) is 9.80 Å². The van der Waals surface area contributed by atoms with Crippen LogP contribution in [0.25, 0.3) is 0 Å². The van der Waals surface area contributed by atoms with Gasteiger partial charge < -0.3 is 14.0 Å². The molecule has 1 amide bonds. The summed E-state index contributed by atoms with van der Waals surface area (Å²) >= 11 is 1.41. The first-order chi connectivity index (χ1) is 11.7. The van der Waals surface area contributed by atoms with Crippen molar-refractivity contribution in [3.63, 3.8) is 0 Å². The maximum absolute atomic E-state index is 12.7. The summed E-state index contributed by atoms with van der Waals surface area (Å²) in [5.74, 6) is 0.211. The molecule has 0 aliphatic carbocycles. The third kappa shape index (κ3) is 6.49. The van der Waals surface area contributed by atoms with Gasteiger partial charge in [-0.05, 0) is 43.2 Å². The second-order valence-electron chi connectivity index (χ2n) is 5.94. The molecule has 6 nitrogen and oxygen atoms in total. The summed E-state index contributed by atoms with van der Waals surface area (Å²) in [4.78, 5) is 17.2. The SMILES string of the molecule is CN(C)CCN(Cc1cccc(OS(C)(=O)=O)c1)C(=O)c1cccs1. The van der Waals surface area contributed by atoms with Crippen molar-refractivity contribution in [2.24, 2.45) is 0 Å². The number of hydrogen-bond donors (Lipinski definition) is 0. The molecule has 0 spiro atoms. The van der Waals surface area contributed by atoms with Gasteiger partial charge in [0, 0.05) is 19.6 Å². The Balaban J connectivity index is 2.18. The minimum absolute atomic E-state index is 0.0358.